The van der Waals surface area contributed by atoms with Gasteiger partial charge in [-0.05, 0) is 20.2 Å². The molecule has 0 saturated heterocycles. The minimum absolute atomic E-state index is 0.250. The van der Waals surface area contributed by atoms with Crippen LogP contribution in [-0.4, -0.2) is 54.4 Å². The van der Waals surface area contributed by atoms with Crippen molar-refractivity contribution >= 4 is 17.4 Å². The van der Waals surface area contributed by atoms with E-state index in [2.05, 4.69) is 15.1 Å². The monoisotopic (exact) mass is 283 g/mol. The lowest BCUT2D eigenvalue weighted by Crippen LogP contribution is -2.15. The first-order valence-electron chi connectivity index (χ1n) is 5.96. The smallest absolute Gasteiger partial charge is 0.290 e. The van der Waals surface area contributed by atoms with Gasteiger partial charge in [0.1, 0.15) is 11.3 Å². The van der Waals surface area contributed by atoms with Gasteiger partial charge in [0.25, 0.3) is 6.47 Å². The third-order valence-electron chi connectivity index (χ3n) is 2.71. The SMILES string of the molecule is COc1cc(F)c2n[nH]c(CCN(C)C)c2c1.O=CO. The zero-order valence-corrected chi connectivity index (χ0v) is 11.7. The van der Waals surface area contributed by atoms with Crippen molar-refractivity contribution in [1.82, 2.24) is 15.1 Å². The number of nitrogens with one attached hydrogen (secondary N) is 1. The Balaban J connectivity index is 0.000000612. The molecule has 7 heteroatoms. The molecule has 2 aromatic rings. The highest BCUT2D eigenvalue weighted by Crippen LogP contribution is 2.25. The molecule has 0 saturated carbocycles. The number of methoxy groups -OCH3 is 1. The van der Waals surface area contributed by atoms with E-state index in [0.29, 0.717) is 11.3 Å². The Morgan fingerprint density at radius 3 is 2.70 bits per heavy atom. The van der Waals surface area contributed by atoms with Crippen LogP contribution in [0.4, 0.5) is 4.39 Å². The molecule has 0 bridgehead atoms. The third kappa shape index (κ3) is 3.92. The van der Waals surface area contributed by atoms with E-state index in [4.69, 9.17) is 14.6 Å². The average Bonchev–Trinajstić information content (AvgIpc) is 2.80. The summed E-state index contributed by atoms with van der Waals surface area (Å²) in [7, 11) is 5.53. The number of fused-ring (bicyclic) bond motifs is 1. The van der Waals surface area contributed by atoms with Crippen LogP contribution in [0.25, 0.3) is 10.9 Å². The normalized spacial score (nSPS) is 10.2. The van der Waals surface area contributed by atoms with E-state index >= 15 is 0 Å². The molecule has 0 aliphatic heterocycles. The molecule has 6 nitrogen and oxygen atoms in total. The standard InChI is InChI=1S/C12H16FN3O.CH2O2/c1-16(2)5-4-11-9-6-8(17-3)7-10(13)12(9)15-14-11;2-1-3/h6-7H,4-5H2,1-3H3,(H,14,15);1H,(H,2,3). The van der Waals surface area contributed by atoms with E-state index in [1.54, 1.807) is 0 Å². The zero-order chi connectivity index (χ0) is 15.1. The fraction of sp³-hybridized carbons (Fsp3) is 0.385. The number of ether oxygens (including phenoxy) is 1. The van der Waals surface area contributed by atoms with Gasteiger partial charge in [-0.2, -0.15) is 5.10 Å². The van der Waals surface area contributed by atoms with E-state index in [1.807, 2.05) is 20.2 Å². The van der Waals surface area contributed by atoms with Crippen molar-refractivity contribution in [3.8, 4) is 5.75 Å². The predicted octanol–water partition coefficient (Wildman–Crippen LogP) is 1.52. The summed E-state index contributed by atoms with van der Waals surface area (Å²) in [6.07, 6.45) is 0.802. The molecule has 20 heavy (non-hydrogen) atoms. The lowest BCUT2D eigenvalue weighted by Gasteiger charge is -2.08. The maximum atomic E-state index is 13.7. The number of hydrogen-bond acceptors (Lipinski definition) is 4. The van der Waals surface area contributed by atoms with E-state index in [1.165, 1.54) is 13.2 Å². The number of nitrogens with zero attached hydrogens (tertiary/aromatic N) is 2. The summed E-state index contributed by atoms with van der Waals surface area (Å²) in [5.74, 6) is 0.161. The van der Waals surface area contributed by atoms with E-state index in [0.717, 1.165) is 24.0 Å². The lowest BCUT2D eigenvalue weighted by molar-refractivity contribution is -0.122. The van der Waals surface area contributed by atoms with Crippen LogP contribution in [-0.2, 0) is 11.2 Å². The first-order valence-corrected chi connectivity index (χ1v) is 5.96. The number of rotatable bonds is 4. The molecule has 0 atom stereocenters. The molecule has 0 aliphatic rings. The molecular weight excluding hydrogens is 265 g/mol. The second kappa shape index (κ2) is 7.44. The number of likely N-dealkylation sites (N-methyl/N-ethyl adjacent to an activating group) is 1. The van der Waals surface area contributed by atoms with E-state index in [9.17, 15) is 4.39 Å². The molecule has 0 amide bonds. The van der Waals surface area contributed by atoms with Crippen LogP contribution in [0.5, 0.6) is 5.75 Å². The number of aromatic amines is 1. The van der Waals surface area contributed by atoms with Gasteiger partial charge in [0.2, 0.25) is 0 Å². The Kier molecular flexibility index (Phi) is 5.92. The molecule has 2 N–H and O–H groups in total. The average molecular weight is 283 g/mol. The van der Waals surface area contributed by atoms with Crippen molar-refractivity contribution in [1.29, 1.82) is 0 Å². The Morgan fingerprint density at radius 2 is 2.15 bits per heavy atom. The zero-order valence-electron chi connectivity index (χ0n) is 11.7. The van der Waals surface area contributed by atoms with Crippen LogP contribution in [0.2, 0.25) is 0 Å². The maximum absolute atomic E-state index is 13.7. The Bertz CT molecular complexity index is 569. The highest BCUT2D eigenvalue weighted by molar-refractivity contribution is 5.83. The van der Waals surface area contributed by atoms with Crippen molar-refractivity contribution in [2.24, 2.45) is 0 Å². The minimum Gasteiger partial charge on any atom is -0.497 e. The van der Waals surface area contributed by atoms with Gasteiger partial charge in [0, 0.05) is 30.1 Å². The largest absolute Gasteiger partial charge is 0.497 e. The molecule has 1 aromatic carbocycles. The Hall–Kier alpha value is -2.15. The predicted molar refractivity (Wildman–Crippen MR) is 73.6 cm³/mol. The summed E-state index contributed by atoms with van der Waals surface area (Å²) in [6.45, 7) is 0.635. The fourth-order valence-corrected chi connectivity index (χ4v) is 1.75. The minimum atomic E-state index is -0.355. The highest BCUT2D eigenvalue weighted by atomic mass is 19.1. The van der Waals surface area contributed by atoms with E-state index in [-0.39, 0.29) is 12.3 Å². The van der Waals surface area contributed by atoms with Gasteiger partial charge in [-0.15, -0.1) is 0 Å². The van der Waals surface area contributed by atoms with Crippen molar-refractivity contribution in [3.05, 3.63) is 23.6 Å². The van der Waals surface area contributed by atoms with Crippen LogP contribution < -0.4 is 4.74 Å². The number of hydrogen-bond donors (Lipinski definition) is 2. The van der Waals surface area contributed by atoms with Gasteiger partial charge < -0.3 is 14.7 Å². The number of halogens is 1. The van der Waals surface area contributed by atoms with Gasteiger partial charge in [-0.3, -0.25) is 9.89 Å². The van der Waals surface area contributed by atoms with Crippen LogP contribution in [0, 0.1) is 5.82 Å². The molecule has 0 radical (unpaired) electrons. The summed E-state index contributed by atoms with van der Waals surface area (Å²) in [6, 6.07) is 3.16. The molecule has 0 fully saturated rings. The molecule has 0 aliphatic carbocycles. The van der Waals surface area contributed by atoms with Crippen molar-refractivity contribution in [2.45, 2.75) is 6.42 Å². The van der Waals surface area contributed by atoms with Gasteiger partial charge >= 0.3 is 0 Å². The second-order valence-electron chi connectivity index (χ2n) is 4.37. The van der Waals surface area contributed by atoms with Crippen molar-refractivity contribution in [3.63, 3.8) is 0 Å². The summed E-state index contributed by atoms with van der Waals surface area (Å²) in [5, 5.41) is 14.6. The molecule has 0 unspecified atom stereocenters. The van der Waals surface area contributed by atoms with Crippen LogP contribution >= 0.6 is 0 Å². The van der Waals surface area contributed by atoms with Gasteiger partial charge in [-0.1, -0.05) is 0 Å². The molecule has 2 rings (SSSR count). The number of carbonyl (C=O) groups is 1. The Labute approximate surface area is 116 Å². The van der Waals surface area contributed by atoms with Crippen LogP contribution in [0.15, 0.2) is 12.1 Å². The summed E-state index contributed by atoms with van der Waals surface area (Å²) in [5.41, 5.74) is 1.31. The molecule has 110 valence electrons. The molecule has 1 aromatic heterocycles. The fourth-order valence-electron chi connectivity index (χ4n) is 1.75. The number of carboxylic acid groups (broad SMARTS) is 1. The Morgan fingerprint density at radius 1 is 1.50 bits per heavy atom. The molecule has 0 spiro atoms. The summed E-state index contributed by atoms with van der Waals surface area (Å²) in [4.78, 5) is 10.4. The first kappa shape index (κ1) is 15.9. The second-order valence-corrected chi connectivity index (χ2v) is 4.37. The van der Waals surface area contributed by atoms with Crippen LogP contribution in [0.1, 0.15) is 5.69 Å². The maximum Gasteiger partial charge on any atom is 0.290 e. The van der Waals surface area contributed by atoms with Gasteiger partial charge in [0.05, 0.1) is 7.11 Å². The lowest BCUT2D eigenvalue weighted by atomic mass is 10.1. The van der Waals surface area contributed by atoms with Crippen molar-refractivity contribution < 1.29 is 19.0 Å². The van der Waals surface area contributed by atoms with Crippen molar-refractivity contribution in [2.75, 3.05) is 27.7 Å². The quantitative estimate of drug-likeness (QED) is 0.832. The first-order chi connectivity index (χ1) is 9.53. The molecule has 1 heterocycles. The highest BCUT2D eigenvalue weighted by Gasteiger charge is 2.11. The number of H-pyrrole nitrogens is 1. The topological polar surface area (TPSA) is 78.5 Å². The van der Waals surface area contributed by atoms with E-state index < -0.39 is 0 Å². The molecular formula is C13H18FN3O3. The number of aromatic nitrogens is 2. The van der Waals surface area contributed by atoms with Gasteiger partial charge in [0.15, 0.2) is 5.82 Å². The van der Waals surface area contributed by atoms with Gasteiger partial charge in [-0.25, -0.2) is 4.39 Å². The number of benzene rings is 1. The summed E-state index contributed by atoms with van der Waals surface area (Å²) < 4.78 is 18.7. The summed E-state index contributed by atoms with van der Waals surface area (Å²) >= 11 is 0. The third-order valence-corrected chi connectivity index (χ3v) is 2.71. The van der Waals surface area contributed by atoms with Crippen LogP contribution in [0.3, 0.4) is 0 Å².